The molecule has 5 heteroatoms. The molecule has 2 aromatic rings. The van der Waals surface area contributed by atoms with E-state index >= 15 is 0 Å². The number of carbonyl (C=O) groups excluding carboxylic acids is 1. The van der Waals surface area contributed by atoms with Crippen LogP contribution in [0.5, 0.6) is 0 Å². The highest BCUT2D eigenvalue weighted by Crippen LogP contribution is 2.07. The third-order valence-electron chi connectivity index (χ3n) is 2.49. The quantitative estimate of drug-likeness (QED) is 0.475. The Hall–Kier alpha value is -1.37. The van der Waals surface area contributed by atoms with Gasteiger partial charge in [0.1, 0.15) is 25.5 Å². The minimum absolute atomic E-state index is 0.275. The minimum Gasteiger partial charge on any atom is -0.458 e. The lowest BCUT2D eigenvalue weighted by atomic mass is 10.2. The molecule has 0 unspecified atom stereocenters. The molecule has 18 heavy (non-hydrogen) atoms. The number of halogens is 1. The summed E-state index contributed by atoms with van der Waals surface area (Å²) in [7, 11) is 1.95. The normalized spacial score (nSPS) is 10.3. The fraction of sp³-hybridized carbons (Fsp3) is 0.231. The monoisotopic (exact) mass is 357 g/mol. The first kappa shape index (κ1) is 13.1. The Morgan fingerprint density at radius 1 is 1.39 bits per heavy atom. The Morgan fingerprint density at radius 2 is 2.11 bits per heavy atom. The second-order valence-electron chi connectivity index (χ2n) is 3.96. The van der Waals surface area contributed by atoms with Gasteiger partial charge in [0, 0.05) is 3.57 Å². The van der Waals surface area contributed by atoms with Gasteiger partial charge in [0.05, 0.1) is 12.6 Å². The van der Waals surface area contributed by atoms with E-state index < -0.39 is 0 Å². The maximum absolute atomic E-state index is 11.7. The fourth-order valence-corrected chi connectivity index (χ4v) is 1.91. The summed E-state index contributed by atoms with van der Waals surface area (Å²) in [6.45, 7) is 1.04. The lowest BCUT2D eigenvalue weighted by Gasteiger charge is -2.03. The molecule has 0 spiro atoms. The summed E-state index contributed by atoms with van der Waals surface area (Å²) in [5.41, 5.74) is 0.591. The highest BCUT2D eigenvalue weighted by Gasteiger charge is 2.07. The van der Waals surface area contributed by atoms with Gasteiger partial charge in [-0.2, -0.15) is 0 Å². The zero-order valence-electron chi connectivity index (χ0n) is 10.0. The third-order valence-corrected chi connectivity index (χ3v) is 3.21. The van der Waals surface area contributed by atoms with E-state index in [1.165, 1.54) is 0 Å². The first-order valence-corrected chi connectivity index (χ1v) is 6.67. The minimum atomic E-state index is -0.275. The molecule has 0 atom stereocenters. The van der Waals surface area contributed by atoms with Crippen molar-refractivity contribution in [3.05, 3.63) is 52.1 Å². The highest BCUT2D eigenvalue weighted by molar-refractivity contribution is 14.1. The predicted molar refractivity (Wildman–Crippen MR) is 75.0 cm³/mol. The number of carbonyl (C=O) groups is 1. The smallest absolute Gasteiger partial charge is 0.338 e. The maximum atomic E-state index is 11.7. The Balaban J connectivity index is 1.83. The molecule has 0 N–H and O–H groups in total. The Morgan fingerprint density at radius 3 is 2.72 bits per heavy atom. The van der Waals surface area contributed by atoms with Crippen molar-refractivity contribution in [2.75, 3.05) is 6.61 Å². The molecule has 4 nitrogen and oxygen atoms in total. The van der Waals surface area contributed by atoms with Crippen LogP contribution in [-0.4, -0.2) is 17.1 Å². The van der Waals surface area contributed by atoms with Gasteiger partial charge in [0.25, 0.3) is 0 Å². The Labute approximate surface area is 119 Å². The predicted octanol–water partition coefficient (Wildman–Crippen LogP) is 1.77. The van der Waals surface area contributed by atoms with Crippen LogP contribution in [0.15, 0.2) is 43.0 Å². The van der Waals surface area contributed by atoms with Gasteiger partial charge in [-0.3, -0.25) is 0 Å². The molecule has 2 rings (SSSR count). The van der Waals surface area contributed by atoms with Gasteiger partial charge < -0.3 is 4.74 Å². The number of aromatic nitrogens is 2. The molecule has 0 bridgehead atoms. The third kappa shape index (κ3) is 3.56. The molecule has 0 fully saturated rings. The molecule has 0 aliphatic rings. The SMILES string of the molecule is C[n+]1ccn(CCOC(=O)c2ccc(I)cc2)c1. The van der Waals surface area contributed by atoms with E-state index in [9.17, 15) is 4.79 Å². The fourth-order valence-electron chi connectivity index (χ4n) is 1.55. The van der Waals surface area contributed by atoms with E-state index in [2.05, 4.69) is 22.6 Å². The number of ether oxygens (including phenoxy) is 1. The lowest BCUT2D eigenvalue weighted by Crippen LogP contribution is -2.24. The number of hydrogen-bond acceptors (Lipinski definition) is 2. The van der Waals surface area contributed by atoms with Crippen LogP contribution in [0.25, 0.3) is 0 Å². The zero-order valence-corrected chi connectivity index (χ0v) is 12.2. The molecule has 0 saturated carbocycles. The number of esters is 1. The lowest BCUT2D eigenvalue weighted by molar-refractivity contribution is -0.671. The van der Waals surface area contributed by atoms with Crippen LogP contribution in [0.1, 0.15) is 10.4 Å². The van der Waals surface area contributed by atoms with Crippen LogP contribution < -0.4 is 4.57 Å². The van der Waals surface area contributed by atoms with Gasteiger partial charge in [0.15, 0.2) is 0 Å². The van der Waals surface area contributed by atoms with Crippen molar-refractivity contribution in [1.29, 1.82) is 0 Å². The zero-order chi connectivity index (χ0) is 13.0. The van der Waals surface area contributed by atoms with Crippen LogP contribution in [0.4, 0.5) is 0 Å². The van der Waals surface area contributed by atoms with Gasteiger partial charge in [-0.05, 0) is 46.9 Å². The molecular weight excluding hydrogens is 343 g/mol. The molecule has 1 heterocycles. The highest BCUT2D eigenvalue weighted by atomic mass is 127. The van der Waals surface area contributed by atoms with E-state index in [0.717, 1.165) is 3.57 Å². The second kappa shape index (κ2) is 5.99. The molecule has 94 valence electrons. The first-order chi connectivity index (χ1) is 8.65. The van der Waals surface area contributed by atoms with Gasteiger partial charge in [0.2, 0.25) is 6.33 Å². The van der Waals surface area contributed by atoms with Crippen molar-refractivity contribution >= 4 is 28.6 Å². The van der Waals surface area contributed by atoms with Crippen molar-refractivity contribution in [2.24, 2.45) is 7.05 Å². The molecular formula is C13H14IN2O2+. The van der Waals surface area contributed by atoms with Gasteiger partial charge in [-0.15, -0.1) is 0 Å². The molecule has 0 amide bonds. The standard InChI is InChI=1S/C13H14IN2O2/c1-15-6-7-16(10-15)8-9-18-13(17)11-2-4-12(14)5-3-11/h2-7,10H,8-9H2,1H3/q+1. The number of benzene rings is 1. The number of nitrogens with zero attached hydrogens (tertiary/aromatic N) is 2. The topological polar surface area (TPSA) is 35.1 Å². The van der Waals surface area contributed by atoms with Gasteiger partial charge in [-0.1, -0.05) is 0 Å². The van der Waals surface area contributed by atoms with Crippen molar-refractivity contribution < 1.29 is 14.1 Å². The summed E-state index contributed by atoms with van der Waals surface area (Å²) in [5, 5.41) is 0. The van der Waals surface area contributed by atoms with Crippen molar-refractivity contribution in [1.82, 2.24) is 4.57 Å². The summed E-state index contributed by atoms with van der Waals surface area (Å²) in [4.78, 5) is 11.7. The molecule has 0 radical (unpaired) electrons. The van der Waals surface area contributed by atoms with Gasteiger partial charge in [-0.25, -0.2) is 13.9 Å². The van der Waals surface area contributed by atoms with Crippen LogP contribution in [-0.2, 0) is 18.3 Å². The van der Waals surface area contributed by atoms with Crippen LogP contribution in [0.3, 0.4) is 0 Å². The van der Waals surface area contributed by atoms with E-state index in [4.69, 9.17) is 4.74 Å². The number of aryl methyl sites for hydroxylation is 1. The summed E-state index contributed by atoms with van der Waals surface area (Å²) < 4.78 is 10.2. The summed E-state index contributed by atoms with van der Waals surface area (Å²) in [6, 6.07) is 7.34. The van der Waals surface area contributed by atoms with E-state index in [1.54, 1.807) is 12.1 Å². The average Bonchev–Trinajstić information content (AvgIpc) is 2.76. The maximum Gasteiger partial charge on any atom is 0.338 e. The number of rotatable bonds is 4. The first-order valence-electron chi connectivity index (χ1n) is 5.59. The summed E-state index contributed by atoms with van der Waals surface area (Å²) >= 11 is 2.20. The van der Waals surface area contributed by atoms with Crippen LogP contribution in [0.2, 0.25) is 0 Å². The van der Waals surface area contributed by atoms with Gasteiger partial charge >= 0.3 is 5.97 Å². The molecule has 1 aromatic heterocycles. The van der Waals surface area contributed by atoms with Crippen molar-refractivity contribution in [3.63, 3.8) is 0 Å². The number of hydrogen-bond donors (Lipinski definition) is 0. The van der Waals surface area contributed by atoms with Crippen LogP contribution in [0, 0.1) is 3.57 Å². The molecule has 0 aliphatic carbocycles. The molecule has 1 aromatic carbocycles. The van der Waals surface area contributed by atoms with Crippen molar-refractivity contribution in [3.8, 4) is 0 Å². The Kier molecular flexibility index (Phi) is 4.35. The average molecular weight is 357 g/mol. The van der Waals surface area contributed by atoms with Crippen molar-refractivity contribution in [2.45, 2.75) is 6.54 Å². The molecule has 0 aliphatic heterocycles. The Bertz CT molecular complexity index is 534. The molecule has 0 saturated heterocycles. The number of imidazole rings is 1. The summed E-state index contributed by atoms with van der Waals surface area (Å²) in [5.74, 6) is -0.275. The largest absolute Gasteiger partial charge is 0.458 e. The van der Waals surface area contributed by atoms with E-state index in [-0.39, 0.29) is 5.97 Å². The summed E-state index contributed by atoms with van der Waals surface area (Å²) in [6.07, 6.45) is 5.83. The van der Waals surface area contributed by atoms with E-state index in [1.807, 2.05) is 47.0 Å². The van der Waals surface area contributed by atoms with E-state index in [0.29, 0.717) is 18.7 Å². The second-order valence-corrected chi connectivity index (χ2v) is 5.21. The van der Waals surface area contributed by atoms with Crippen LogP contribution >= 0.6 is 22.6 Å².